The molecule has 0 unspecified atom stereocenters. The molecular formula is C11H11NO2S2. The van der Waals surface area contributed by atoms with E-state index in [0.29, 0.717) is 5.69 Å². The van der Waals surface area contributed by atoms with Crippen LogP contribution in [0.15, 0.2) is 40.6 Å². The molecule has 2 N–H and O–H groups in total. The van der Waals surface area contributed by atoms with Gasteiger partial charge in [0.2, 0.25) is 0 Å². The molecule has 0 amide bonds. The Kier molecular flexibility index (Phi) is 2.73. The number of hydrogen-bond donors (Lipinski definition) is 1. The number of nitrogens with two attached hydrogens (primary N) is 1. The van der Waals surface area contributed by atoms with Gasteiger partial charge in [0, 0.05) is 22.4 Å². The first kappa shape index (κ1) is 11.2. The highest BCUT2D eigenvalue weighted by molar-refractivity contribution is 7.90. The van der Waals surface area contributed by atoms with Gasteiger partial charge in [0.1, 0.15) is 0 Å². The lowest BCUT2D eigenvalue weighted by atomic mass is 10.1. The molecule has 0 radical (unpaired) electrons. The predicted octanol–water partition coefficient (Wildman–Crippen LogP) is 2.40. The molecule has 0 atom stereocenters. The summed E-state index contributed by atoms with van der Waals surface area (Å²) in [6, 6.07) is 8.73. The summed E-state index contributed by atoms with van der Waals surface area (Å²) in [7, 11) is -3.19. The zero-order valence-corrected chi connectivity index (χ0v) is 10.3. The van der Waals surface area contributed by atoms with Crippen LogP contribution in [0.1, 0.15) is 0 Å². The highest BCUT2D eigenvalue weighted by Gasteiger charge is 2.10. The molecule has 1 aromatic carbocycles. The first-order valence-electron chi connectivity index (χ1n) is 4.62. The van der Waals surface area contributed by atoms with Gasteiger partial charge < -0.3 is 5.73 Å². The van der Waals surface area contributed by atoms with Crippen LogP contribution < -0.4 is 5.73 Å². The van der Waals surface area contributed by atoms with Crippen LogP contribution in [-0.4, -0.2) is 14.7 Å². The first-order chi connectivity index (χ1) is 7.48. The minimum Gasteiger partial charge on any atom is -0.398 e. The minimum absolute atomic E-state index is 0.255. The van der Waals surface area contributed by atoms with Gasteiger partial charge in [-0.3, -0.25) is 0 Å². The molecule has 0 saturated heterocycles. The van der Waals surface area contributed by atoms with Crippen molar-refractivity contribution in [1.82, 2.24) is 0 Å². The number of nitrogen functional groups attached to an aromatic ring is 1. The van der Waals surface area contributed by atoms with Crippen LogP contribution in [0, 0.1) is 0 Å². The summed E-state index contributed by atoms with van der Waals surface area (Å²) in [6.45, 7) is 0. The minimum atomic E-state index is -3.19. The Hall–Kier alpha value is -1.33. The molecule has 84 valence electrons. The van der Waals surface area contributed by atoms with E-state index in [2.05, 4.69) is 0 Å². The van der Waals surface area contributed by atoms with Crippen molar-refractivity contribution < 1.29 is 8.42 Å². The molecule has 5 heteroatoms. The lowest BCUT2D eigenvalue weighted by Crippen LogP contribution is -1.99. The van der Waals surface area contributed by atoms with Crippen molar-refractivity contribution in [3.8, 4) is 10.4 Å². The summed E-state index contributed by atoms with van der Waals surface area (Å²) in [5.74, 6) is 0. The number of anilines is 1. The standard InChI is InChI=1S/C11H11NO2S2/c1-16(13,14)8-4-5-9(10(12)7-8)11-3-2-6-15-11/h2-7H,12H2,1H3. The molecular weight excluding hydrogens is 242 g/mol. The van der Waals surface area contributed by atoms with Crippen molar-refractivity contribution in [1.29, 1.82) is 0 Å². The van der Waals surface area contributed by atoms with E-state index < -0.39 is 9.84 Å². The van der Waals surface area contributed by atoms with Crippen molar-refractivity contribution >= 4 is 26.9 Å². The van der Waals surface area contributed by atoms with Crippen LogP contribution in [-0.2, 0) is 9.84 Å². The number of hydrogen-bond acceptors (Lipinski definition) is 4. The van der Waals surface area contributed by atoms with Gasteiger partial charge in [0.05, 0.1) is 4.90 Å². The average Bonchev–Trinajstić information content (AvgIpc) is 2.69. The van der Waals surface area contributed by atoms with E-state index in [-0.39, 0.29) is 4.90 Å². The molecule has 0 aliphatic heterocycles. The Morgan fingerprint density at radius 1 is 1.25 bits per heavy atom. The fraction of sp³-hybridized carbons (Fsp3) is 0.0909. The maximum absolute atomic E-state index is 11.3. The average molecular weight is 253 g/mol. The van der Waals surface area contributed by atoms with Gasteiger partial charge >= 0.3 is 0 Å². The van der Waals surface area contributed by atoms with Crippen molar-refractivity contribution in [2.45, 2.75) is 4.90 Å². The van der Waals surface area contributed by atoms with Crippen molar-refractivity contribution in [2.75, 3.05) is 12.0 Å². The van der Waals surface area contributed by atoms with Crippen LogP contribution >= 0.6 is 11.3 Å². The van der Waals surface area contributed by atoms with Crippen molar-refractivity contribution in [3.63, 3.8) is 0 Å². The topological polar surface area (TPSA) is 60.2 Å². The normalized spacial score (nSPS) is 11.6. The van der Waals surface area contributed by atoms with E-state index in [0.717, 1.165) is 10.4 Å². The van der Waals surface area contributed by atoms with Crippen LogP contribution in [0.5, 0.6) is 0 Å². The number of rotatable bonds is 2. The second kappa shape index (κ2) is 3.92. The van der Waals surface area contributed by atoms with E-state index in [1.54, 1.807) is 23.5 Å². The second-order valence-corrected chi connectivity index (χ2v) is 6.46. The highest BCUT2D eigenvalue weighted by atomic mass is 32.2. The van der Waals surface area contributed by atoms with E-state index in [9.17, 15) is 8.42 Å². The molecule has 0 bridgehead atoms. The summed E-state index contributed by atoms with van der Waals surface area (Å²) in [4.78, 5) is 1.29. The Labute approximate surface area is 98.5 Å². The summed E-state index contributed by atoms with van der Waals surface area (Å²) >= 11 is 1.57. The molecule has 3 nitrogen and oxygen atoms in total. The number of sulfone groups is 1. The van der Waals surface area contributed by atoms with E-state index in [1.807, 2.05) is 17.5 Å². The molecule has 0 spiro atoms. The van der Waals surface area contributed by atoms with Crippen LogP contribution in [0.2, 0.25) is 0 Å². The van der Waals surface area contributed by atoms with Gasteiger partial charge in [0.25, 0.3) is 0 Å². The van der Waals surface area contributed by atoms with Crippen LogP contribution in [0.4, 0.5) is 5.69 Å². The lowest BCUT2D eigenvalue weighted by molar-refractivity contribution is 0.602. The molecule has 16 heavy (non-hydrogen) atoms. The highest BCUT2D eigenvalue weighted by Crippen LogP contribution is 2.31. The summed E-state index contributed by atoms with van der Waals surface area (Å²) in [5.41, 5.74) is 7.22. The van der Waals surface area contributed by atoms with E-state index in [4.69, 9.17) is 5.73 Å². The molecule has 1 heterocycles. The van der Waals surface area contributed by atoms with Gasteiger partial charge in [-0.25, -0.2) is 8.42 Å². The zero-order valence-electron chi connectivity index (χ0n) is 8.67. The smallest absolute Gasteiger partial charge is 0.175 e. The van der Waals surface area contributed by atoms with Gasteiger partial charge in [-0.2, -0.15) is 0 Å². The zero-order chi connectivity index (χ0) is 11.8. The predicted molar refractivity (Wildman–Crippen MR) is 67.3 cm³/mol. The molecule has 0 aliphatic carbocycles. The number of benzene rings is 1. The van der Waals surface area contributed by atoms with Crippen LogP contribution in [0.3, 0.4) is 0 Å². The Morgan fingerprint density at radius 2 is 2.00 bits per heavy atom. The maximum Gasteiger partial charge on any atom is 0.175 e. The first-order valence-corrected chi connectivity index (χ1v) is 7.39. The third-order valence-corrected chi connectivity index (χ3v) is 4.25. The monoisotopic (exact) mass is 253 g/mol. The Bertz CT molecular complexity index is 601. The molecule has 1 aromatic heterocycles. The lowest BCUT2D eigenvalue weighted by Gasteiger charge is -2.05. The molecule has 0 fully saturated rings. The quantitative estimate of drug-likeness (QED) is 0.836. The fourth-order valence-electron chi connectivity index (χ4n) is 1.43. The van der Waals surface area contributed by atoms with Gasteiger partial charge in [-0.05, 0) is 23.6 Å². The summed E-state index contributed by atoms with van der Waals surface area (Å²) in [6.07, 6.45) is 1.17. The second-order valence-electron chi connectivity index (χ2n) is 3.50. The molecule has 2 rings (SSSR count). The Morgan fingerprint density at radius 3 is 2.50 bits per heavy atom. The fourth-order valence-corrected chi connectivity index (χ4v) is 2.86. The SMILES string of the molecule is CS(=O)(=O)c1ccc(-c2cccs2)c(N)c1. The van der Waals surface area contributed by atoms with Crippen molar-refractivity contribution in [3.05, 3.63) is 35.7 Å². The maximum atomic E-state index is 11.3. The van der Waals surface area contributed by atoms with Gasteiger partial charge in [0.15, 0.2) is 9.84 Å². The largest absolute Gasteiger partial charge is 0.398 e. The van der Waals surface area contributed by atoms with Crippen LogP contribution in [0.25, 0.3) is 10.4 Å². The third kappa shape index (κ3) is 2.10. The summed E-state index contributed by atoms with van der Waals surface area (Å²) in [5, 5.41) is 1.96. The summed E-state index contributed by atoms with van der Waals surface area (Å²) < 4.78 is 22.7. The molecule has 0 aliphatic rings. The molecule has 0 saturated carbocycles. The van der Waals surface area contributed by atoms with E-state index >= 15 is 0 Å². The van der Waals surface area contributed by atoms with Gasteiger partial charge in [-0.1, -0.05) is 12.1 Å². The van der Waals surface area contributed by atoms with Gasteiger partial charge in [-0.15, -0.1) is 11.3 Å². The third-order valence-electron chi connectivity index (χ3n) is 2.24. The van der Waals surface area contributed by atoms with Crippen molar-refractivity contribution in [2.24, 2.45) is 0 Å². The molecule has 2 aromatic rings. The Balaban J connectivity index is 2.54. The van der Waals surface area contributed by atoms with E-state index in [1.165, 1.54) is 12.3 Å². The number of thiophene rings is 1.